The van der Waals surface area contributed by atoms with E-state index in [1.54, 1.807) is 12.1 Å². The molecular weight excluding hydrogens is 378 g/mol. The number of benzene rings is 3. The van der Waals surface area contributed by atoms with E-state index in [0.29, 0.717) is 29.2 Å². The van der Waals surface area contributed by atoms with E-state index in [1.807, 2.05) is 53.1 Å². The third-order valence-corrected chi connectivity index (χ3v) is 5.04. The van der Waals surface area contributed by atoms with Crippen LogP contribution in [0.5, 0.6) is 0 Å². The van der Waals surface area contributed by atoms with Crippen LogP contribution in [0.25, 0.3) is 33.7 Å². The van der Waals surface area contributed by atoms with Crippen molar-refractivity contribution in [1.29, 1.82) is 0 Å². The van der Waals surface area contributed by atoms with Gasteiger partial charge in [0.1, 0.15) is 5.82 Å². The quantitative estimate of drug-likeness (QED) is 0.315. The Kier molecular flexibility index (Phi) is 4.40. The highest BCUT2D eigenvalue weighted by molar-refractivity contribution is 5.85. The second-order valence-electron chi connectivity index (χ2n) is 6.99. The molecule has 0 saturated heterocycles. The Morgan fingerprint density at radius 3 is 2.33 bits per heavy atom. The van der Waals surface area contributed by atoms with Crippen molar-refractivity contribution in [1.82, 2.24) is 19.5 Å². The number of imidazole rings is 1. The standard InChI is InChI=1S/C23H17N5O2/c29-28(30)18-10-6-9-17(15-18)22-26-21-23(25-20-12-5-4-11-19(20)24-21)27(22)14-13-16-7-2-1-3-8-16/h1-12,15H,13-14H2. The summed E-state index contributed by atoms with van der Waals surface area (Å²) in [6.45, 7) is 0.631. The molecule has 0 bridgehead atoms. The number of nitro groups is 1. The van der Waals surface area contributed by atoms with E-state index in [2.05, 4.69) is 17.1 Å². The average Bonchev–Trinajstić information content (AvgIpc) is 3.14. The molecular formula is C23H17N5O2. The lowest BCUT2D eigenvalue weighted by Gasteiger charge is -2.09. The van der Waals surface area contributed by atoms with Gasteiger partial charge in [0.15, 0.2) is 11.3 Å². The number of nitrogens with zero attached hydrogens (tertiary/aromatic N) is 5. The Morgan fingerprint density at radius 1 is 0.833 bits per heavy atom. The van der Waals surface area contributed by atoms with E-state index >= 15 is 0 Å². The minimum atomic E-state index is -0.398. The van der Waals surface area contributed by atoms with Crippen molar-refractivity contribution in [2.24, 2.45) is 0 Å². The minimum absolute atomic E-state index is 0.0280. The van der Waals surface area contributed by atoms with Crippen molar-refractivity contribution in [3.63, 3.8) is 0 Å². The monoisotopic (exact) mass is 395 g/mol. The fraction of sp³-hybridized carbons (Fsp3) is 0.0870. The molecule has 0 unspecified atom stereocenters. The number of fused-ring (bicyclic) bond motifs is 2. The highest BCUT2D eigenvalue weighted by atomic mass is 16.6. The van der Waals surface area contributed by atoms with Gasteiger partial charge in [0.05, 0.1) is 16.0 Å². The number of rotatable bonds is 5. The molecule has 0 N–H and O–H groups in total. The number of aryl methyl sites for hydroxylation is 2. The zero-order chi connectivity index (χ0) is 20.5. The molecule has 2 heterocycles. The first-order valence-electron chi connectivity index (χ1n) is 9.61. The number of hydrogen-bond donors (Lipinski definition) is 0. The van der Waals surface area contributed by atoms with Gasteiger partial charge >= 0.3 is 0 Å². The van der Waals surface area contributed by atoms with Gasteiger partial charge in [0, 0.05) is 24.2 Å². The van der Waals surface area contributed by atoms with Crippen molar-refractivity contribution in [2.45, 2.75) is 13.0 Å². The van der Waals surface area contributed by atoms with E-state index in [-0.39, 0.29) is 5.69 Å². The van der Waals surface area contributed by atoms with Gasteiger partial charge in [-0.15, -0.1) is 0 Å². The molecule has 5 aromatic rings. The second-order valence-corrected chi connectivity index (χ2v) is 6.99. The largest absolute Gasteiger partial charge is 0.307 e. The molecule has 0 atom stereocenters. The molecule has 2 aromatic heterocycles. The van der Waals surface area contributed by atoms with E-state index < -0.39 is 4.92 Å². The third-order valence-electron chi connectivity index (χ3n) is 5.04. The second kappa shape index (κ2) is 7.36. The van der Waals surface area contributed by atoms with Gasteiger partial charge in [-0.2, -0.15) is 0 Å². The van der Waals surface area contributed by atoms with Gasteiger partial charge in [-0.3, -0.25) is 10.1 Å². The van der Waals surface area contributed by atoms with Crippen LogP contribution >= 0.6 is 0 Å². The first-order chi connectivity index (χ1) is 14.7. The molecule has 0 aliphatic heterocycles. The number of hydrogen-bond acceptors (Lipinski definition) is 5. The summed E-state index contributed by atoms with van der Waals surface area (Å²) < 4.78 is 2.00. The molecule has 7 heteroatoms. The van der Waals surface area contributed by atoms with Gasteiger partial charge in [-0.05, 0) is 24.1 Å². The molecule has 30 heavy (non-hydrogen) atoms. The van der Waals surface area contributed by atoms with Crippen LogP contribution in [0, 0.1) is 10.1 Å². The highest BCUT2D eigenvalue weighted by Gasteiger charge is 2.18. The predicted molar refractivity (Wildman–Crippen MR) is 115 cm³/mol. The molecule has 0 amide bonds. The van der Waals surface area contributed by atoms with Gasteiger partial charge in [-0.1, -0.05) is 54.6 Å². The van der Waals surface area contributed by atoms with E-state index in [4.69, 9.17) is 9.97 Å². The first kappa shape index (κ1) is 17.9. The summed E-state index contributed by atoms with van der Waals surface area (Å²) in [6, 6.07) is 24.3. The molecule has 0 radical (unpaired) electrons. The van der Waals surface area contributed by atoms with Crippen molar-refractivity contribution < 1.29 is 4.92 Å². The maximum atomic E-state index is 11.3. The van der Waals surface area contributed by atoms with E-state index in [9.17, 15) is 10.1 Å². The van der Waals surface area contributed by atoms with Crippen LogP contribution in [-0.4, -0.2) is 24.4 Å². The molecule has 0 fully saturated rings. The fourth-order valence-corrected chi connectivity index (χ4v) is 3.57. The zero-order valence-corrected chi connectivity index (χ0v) is 16.0. The fourth-order valence-electron chi connectivity index (χ4n) is 3.57. The number of aromatic nitrogens is 4. The minimum Gasteiger partial charge on any atom is -0.307 e. The summed E-state index contributed by atoms with van der Waals surface area (Å²) >= 11 is 0. The van der Waals surface area contributed by atoms with Crippen LogP contribution in [-0.2, 0) is 13.0 Å². The number of nitro benzene ring substituents is 1. The maximum Gasteiger partial charge on any atom is 0.270 e. The summed E-state index contributed by atoms with van der Waals surface area (Å²) in [6.07, 6.45) is 0.780. The zero-order valence-electron chi connectivity index (χ0n) is 16.0. The topological polar surface area (TPSA) is 86.7 Å². The lowest BCUT2D eigenvalue weighted by Crippen LogP contribution is -2.05. The molecule has 5 rings (SSSR count). The highest BCUT2D eigenvalue weighted by Crippen LogP contribution is 2.27. The van der Waals surface area contributed by atoms with Crippen molar-refractivity contribution in [2.75, 3.05) is 0 Å². The van der Waals surface area contributed by atoms with Crippen molar-refractivity contribution in [3.05, 3.63) is 94.5 Å². The summed E-state index contributed by atoms with van der Waals surface area (Å²) in [5, 5.41) is 11.3. The number of non-ortho nitro benzene ring substituents is 1. The Morgan fingerprint density at radius 2 is 1.57 bits per heavy atom. The summed E-state index contributed by atoms with van der Waals surface area (Å²) in [5.41, 5.74) is 4.65. The van der Waals surface area contributed by atoms with Crippen LogP contribution in [0.15, 0.2) is 78.9 Å². The predicted octanol–water partition coefficient (Wildman–Crippen LogP) is 4.80. The van der Waals surface area contributed by atoms with Crippen molar-refractivity contribution >= 4 is 28.0 Å². The molecule has 0 aliphatic carbocycles. The normalized spacial score (nSPS) is 11.2. The molecule has 0 saturated carbocycles. The Bertz CT molecular complexity index is 1380. The van der Waals surface area contributed by atoms with E-state index in [0.717, 1.165) is 17.5 Å². The Labute approximate surface area is 171 Å². The van der Waals surface area contributed by atoms with E-state index in [1.165, 1.54) is 11.6 Å². The summed E-state index contributed by atoms with van der Waals surface area (Å²) in [7, 11) is 0. The molecule has 0 spiro atoms. The van der Waals surface area contributed by atoms with Gasteiger partial charge in [-0.25, -0.2) is 15.0 Å². The molecule has 7 nitrogen and oxygen atoms in total. The summed E-state index contributed by atoms with van der Waals surface area (Å²) in [4.78, 5) is 25.0. The maximum absolute atomic E-state index is 11.3. The van der Waals surface area contributed by atoms with Gasteiger partial charge < -0.3 is 4.57 Å². The number of para-hydroxylation sites is 2. The molecule has 3 aromatic carbocycles. The van der Waals surface area contributed by atoms with Crippen molar-refractivity contribution in [3.8, 4) is 11.4 Å². The van der Waals surface area contributed by atoms with Crippen LogP contribution in [0.3, 0.4) is 0 Å². The van der Waals surface area contributed by atoms with Gasteiger partial charge in [0.2, 0.25) is 0 Å². The summed E-state index contributed by atoms with van der Waals surface area (Å²) in [5.74, 6) is 0.625. The smallest absolute Gasteiger partial charge is 0.270 e. The molecule has 0 aliphatic rings. The third kappa shape index (κ3) is 3.26. The average molecular weight is 395 g/mol. The Hall–Kier alpha value is -4.13. The van der Waals surface area contributed by atoms with Crippen LogP contribution in [0.1, 0.15) is 5.56 Å². The van der Waals surface area contributed by atoms with Crippen LogP contribution in [0.4, 0.5) is 5.69 Å². The first-order valence-corrected chi connectivity index (χ1v) is 9.61. The molecule has 146 valence electrons. The van der Waals surface area contributed by atoms with Crippen LogP contribution < -0.4 is 0 Å². The lowest BCUT2D eigenvalue weighted by atomic mass is 10.1. The SMILES string of the molecule is O=[N+]([O-])c1cccc(-c2nc3nc4ccccc4nc3n2CCc2ccccc2)c1. The Balaban J connectivity index is 1.68. The van der Waals surface area contributed by atoms with Gasteiger partial charge in [0.25, 0.3) is 5.69 Å². The van der Waals surface area contributed by atoms with Crippen LogP contribution in [0.2, 0.25) is 0 Å². The lowest BCUT2D eigenvalue weighted by molar-refractivity contribution is -0.384.